The van der Waals surface area contributed by atoms with Crippen LogP contribution in [-0.4, -0.2) is 13.1 Å². The van der Waals surface area contributed by atoms with Crippen LogP contribution >= 0.6 is 0 Å². The van der Waals surface area contributed by atoms with Crippen molar-refractivity contribution in [1.29, 1.82) is 0 Å². The van der Waals surface area contributed by atoms with E-state index in [0.717, 1.165) is 25.6 Å². The molecule has 0 atom stereocenters. The first-order valence-corrected chi connectivity index (χ1v) is 6.09. The Hall–Kier alpha value is -0.960. The molecular formula is C14H21F2N. The van der Waals surface area contributed by atoms with E-state index in [2.05, 4.69) is 26.1 Å². The van der Waals surface area contributed by atoms with E-state index in [1.807, 2.05) is 0 Å². The van der Waals surface area contributed by atoms with E-state index in [0.29, 0.717) is 12.0 Å². The first-order valence-electron chi connectivity index (χ1n) is 6.09. The van der Waals surface area contributed by atoms with Gasteiger partial charge in [0.2, 0.25) is 0 Å². The number of rotatable bonds is 6. The van der Waals surface area contributed by atoms with Crippen LogP contribution in [-0.2, 0) is 6.42 Å². The SMILES string of the molecule is CCNCCC(C)(C)Cc1cc(F)ccc1F. The van der Waals surface area contributed by atoms with Crippen LogP contribution in [0, 0.1) is 17.0 Å². The van der Waals surface area contributed by atoms with Crippen molar-refractivity contribution < 1.29 is 8.78 Å². The van der Waals surface area contributed by atoms with Gasteiger partial charge in [0.15, 0.2) is 0 Å². The summed E-state index contributed by atoms with van der Waals surface area (Å²) in [5.41, 5.74) is 0.433. The Kier molecular flexibility index (Phi) is 5.06. The first kappa shape index (κ1) is 14.1. The molecule has 17 heavy (non-hydrogen) atoms. The Labute approximate surface area is 102 Å². The summed E-state index contributed by atoms with van der Waals surface area (Å²) in [7, 11) is 0. The topological polar surface area (TPSA) is 12.0 Å². The molecule has 0 spiro atoms. The molecule has 1 N–H and O–H groups in total. The summed E-state index contributed by atoms with van der Waals surface area (Å²) >= 11 is 0. The van der Waals surface area contributed by atoms with Gasteiger partial charge in [-0.3, -0.25) is 0 Å². The van der Waals surface area contributed by atoms with Gasteiger partial charge in [-0.05, 0) is 55.1 Å². The normalized spacial score (nSPS) is 11.8. The highest BCUT2D eigenvalue weighted by Crippen LogP contribution is 2.27. The molecule has 0 saturated carbocycles. The second kappa shape index (κ2) is 6.10. The Morgan fingerprint density at radius 1 is 1.24 bits per heavy atom. The lowest BCUT2D eigenvalue weighted by atomic mass is 9.82. The fraction of sp³-hybridized carbons (Fsp3) is 0.571. The molecule has 1 nitrogen and oxygen atoms in total. The van der Waals surface area contributed by atoms with Gasteiger partial charge in [0, 0.05) is 0 Å². The molecule has 0 fully saturated rings. The van der Waals surface area contributed by atoms with Gasteiger partial charge in [0.05, 0.1) is 0 Å². The van der Waals surface area contributed by atoms with Crippen molar-refractivity contribution in [2.45, 2.75) is 33.6 Å². The van der Waals surface area contributed by atoms with E-state index in [1.54, 1.807) is 0 Å². The summed E-state index contributed by atoms with van der Waals surface area (Å²) in [4.78, 5) is 0. The third-order valence-corrected chi connectivity index (χ3v) is 2.91. The van der Waals surface area contributed by atoms with Crippen molar-refractivity contribution in [2.75, 3.05) is 13.1 Å². The maximum Gasteiger partial charge on any atom is 0.126 e. The third kappa shape index (κ3) is 4.82. The van der Waals surface area contributed by atoms with Gasteiger partial charge < -0.3 is 5.32 Å². The monoisotopic (exact) mass is 241 g/mol. The van der Waals surface area contributed by atoms with Crippen molar-refractivity contribution in [3.8, 4) is 0 Å². The van der Waals surface area contributed by atoms with Crippen molar-refractivity contribution in [2.24, 2.45) is 5.41 Å². The molecule has 0 heterocycles. The minimum Gasteiger partial charge on any atom is -0.317 e. The molecule has 1 rings (SSSR count). The smallest absolute Gasteiger partial charge is 0.126 e. The van der Waals surface area contributed by atoms with E-state index in [4.69, 9.17) is 0 Å². The zero-order valence-electron chi connectivity index (χ0n) is 10.8. The standard InChI is InChI=1S/C14H21F2N/c1-4-17-8-7-14(2,3)10-11-9-12(15)5-6-13(11)16/h5-6,9,17H,4,7-8,10H2,1-3H3. The van der Waals surface area contributed by atoms with Crippen LogP contribution < -0.4 is 5.32 Å². The molecule has 0 aliphatic rings. The van der Waals surface area contributed by atoms with Gasteiger partial charge in [-0.15, -0.1) is 0 Å². The largest absolute Gasteiger partial charge is 0.317 e. The van der Waals surface area contributed by atoms with Crippen LogP contribution in [0.1, 0.15) is 32.8 Å². The number of hydrogen-bond acceptors (Lipinski definition) is 1. The second-order valence-electron chi connectivity index (χ2n) is 5.18. The van der Waals surface area contributed by atoms with Gasteiger partial charge in [-0.2, -0.15) is 0 Å². The Bertz CT molecular complexity index is 361. The predicted molar refractivity (Wildman–Crippen MR) is 67.0 cm³/mol. The van der Waals surface area contributed by atoms with Gasteiger partial charge in [-0.1, -0.05) is 20.8 Å². The molecule has 0 radical (unpaired) electrons. The highest BCUT2D eigenvalue weighted by atomic mass is 19.1. The van der Waals surface area contributed by atoms with Crippen molar-refractivity contribution >= 4 is 0 Å². The average molecular weight is 241 g/mol. The van der Waals surface area contributed by atoms with Crippen LogP contribution in [0.2, 0.25) is 0 Å². The van der Waals surface area contributed by atoms with Crippen molar-refractivity contribution in [1.82, 2.24) is 5.32 Å². The highest BCUT2D eigenvalue weighted by molar-refractivity contribution is 5.20. The predicted octanol–water partition coefficient (Wildman–Crippen LogP) is 3.53. The number of nitrogens with one attached hydrogen (secondary N) is 1. The lowest BCUT2D eigenvalue weighted by molar-refractivity contribution is 0.321. The van der Waals surface area contributed by atoms with E-state index >= 15 is 0 Å². The molecule has 0 aromatic heterocycles. The molecule has 0 bridgehead atoms. The summed E-state index contributed by atoms with van der Waals surface area (Å²) in [6.07, 6.45) is 1.50. The summed E-state index contributed by atoms with van der Waals surface area (Å²) < 4.78 is 26.6. The average Bonchev–Trinajstić information content (AvgIpc) is 2.23. The molecule has 0 aliphatic carbocycles. The summed E-state index contributed by atoms with van der Waals surface area (Å²) in [5, 5.41) is 3.25. The van der Waals surface area contributed by atoms with Crippen molar-refractivity contribution in [3.05, 3.63) is 35.4 Å². The molecular weight excluding hydrogens is 220 g/mol. The van der Waals surface area contributed by atoms with E-state index < -0.39 is 0 Å². The highest BCUT2D eigenvalue weighted by Gasteiger charge is 2.20. The maximum atomic E-state index is 13.5. The van der Waals surface area contributed by atoms with Crippen LogP contribution in [0.3, 0.4) is 0 Å². The third-order valence-electron chi connectivity index (χ3n) is 2.91. The summed E-state index contributed by atoms with van der Waals surface area (Å²) in [6.45, 7) is 8.05. The lowest BCUT2D eigenvalue weighted by Gasteiger charge is -2.25. The summed E-state index contributed by atoms with van der Waals surface area (Å²) in [5.74, 6) is -0.688. The first-order chi connectivity index (χ1) is 7.94. The van der Waals surface area contributed by atoms with Crippen LogP contribution in [0.4, 0.5) is 8.78 Å². The molecule has 3 heteroatoms. The van der Waals surface area contributed by atoms with Gasteiger partial charge in [-0.25, -0.2) is 8.78 Å². The van der Waals surface area contributed by atoms with Gasteiger partial charge >= 0.3 is 0 Å². The molecule has 0 saturated heterocycles. The number of hydrogen-bond donors (Lipinski definition) is 1. The Morgan fingerprint density at radius 3 is 2.59 bits per heavy atom. The quantitative estimate of drug-likeness (QED) is 0.751. The van der Waals surface area contributed by atoms with Gasteiger partial charge in [0.25, 0.3) is 0 Å². The molecule has 0 amide bonds. The lowest BCUT2D eigenvalue weighted by Crippen LogP contribution is -2.24. The van der Waals surface area contributed by atoms with E-state index in [9.17, 15) is 8.78 Å². The van der Waals surface area contributed by atoms with Crippen LogP contribution in [0.15, 0.2) is 18.2 Å². The number of benzene rings is 1. The fourth-order valence-electron chi connectivity index (χ4n) is 1.89. The minimum atomic E-state index is -0.371. The Morgan fingerprint density at radius 2 is 1.94 bits per heavy atom. The molecule has 0 unspecified atom stereocenters. The van der Waals surface area contributed by atoms with E-state index in [-0.39, 0.29) is 17.0 Å². The zero-order chi connectivity index (χ0) is 12.9. The van der Waals surface area contributed by atoms with Crippen LogP contribution in [0.5, 0.6) is 0 Å². The minimum absolute atomic E-state index is 0.0309. The maximum absolute atomic E-state index is 13.5. The molecule has 0 aliphatic heterocycles. The molecule has 96 valence electrons. The summed E-state index contributed by atoms with van der Waals surface area (Å²) in [6, 6.07) is 3.65. The fourth-order valence-corrected chi connectivity index (χ4v) is 1.89. The van der Waals surface area contributed by atoms with Gasteiger partial charge in [0.1, 0.15) is 11.6 Å². The second-order valence-corrected chi connectivity index (χ2v) is 5.18. The Balaban J connectivity index is 2.65. The molecule has 1 aromatic carbocycles. The van der Waals surface area contributed by atoms with Crippen LogP contribution in [0.25, 0.3) is 0 Å². The number of halogens is 2. The molecule has 1 aromatic rings. The van der Waals surface area contributed by atoms with E-state index in [1.165, 1.54) is 12.1 Å². The zero-order valence-corrected chi connectivity index (χ0v) is 10.8. The van der Waals surface area contributed by atoms with Crippen molar-refractivity contribution in [3.63, 3.8) is 0 Å².